The van der Waals surface area contributed by atoms with Gasteiger partial charge in [-0.05, 0) is 47.6 Å². The summed E-state index contributed by atoms with van der Waals surface area (Å²) in [7, 11) is 0. The second-order valence-electron chi connectivity index (χ2n) is 4.82. The Morgan fingerprint density at radius 2 is 2.17 bits per heavy atom. The molecule has 0 heterocycles. The van der Waals surface area contributed by atoms with Crippen LogP contribution in [0.15, 0.2) is 18.2 Å². The van der Waals surface area contributed by atoms with Gasteiger partial charge in [-0.15, -0.1) is 0 Å². The molecule has 1 unspecified atom stereocenters. The van der Waals surface area contributed by atoms with Gasteiger partial charge in [0.05, 0.1) is 4.92 Å². The highest BCUT2D eigenvalue weighted by Crippen LogP contribution is 2.30. The van der Waals surface area contributed by atoms with Gasteiger partial charge < -0.3 is 11.1 Å². The van der Waals surface area contributed by atoms with Crippen molar-refractivity contribution in [2.75, 3.05) is 11.9 Å². The lowest BCUT2D eigenvalue weighted by Gasteiger charge is -2.34. The molecule has 0 saturated carbocycles. The fourth-order valence-corrected chi connectivity index (χ4v) is 1.98. The molecular formula is C12H18IN3O2. The van der Waals surface area contributed by atoms with Crippen LogP contribution >= 0.6 is 22.6 Å². The van der Waals surface area contributed by atoms with E-state index < -0.39 is 0 Å². The van der Waals surface area contributed by atoms with Gasteiger partial charge in [-0.3, -0.25) is 10.1 Å². The molecule has 100 valence electrons. The molecule has 1 aromatic carbocycles. The minimum absolute atomic E-state index is 0.0854. The quantitative estimate of drug-likeness (QED) is 0.479. The zero-order valence-corrected chi connectivity index (χ0v) is 12.9. The van der Waals surface area contributed by atoms with Gasteiger partial charge in [0, 0.05) is 21.7 Å². The van der Waals surface area contributed by atoms with E-state index in [4.69, 9.17) is 5.73 Å². The molecule has 1 aromatic rings. The molecule has 18 heavy (non-hydrogen) atoms. The van der Waals surface area contributed by atoms with Crippen LogP contribution in [-0.2, 0) is 0 Å². The number of nitro groups is 1. The highest BCUT2D eigenvalue weighted by atomic mass is 127. The van der Waals surface area contributed by atoms with Crippen molar-refractivity contribution in [3.63, 3.8) is 0 Å². The number of nitrogens with zero attached hydrogens (tertiary/aromatic N) is 1. The monoisotopic (exact) mass is 363 g/mol. The van der Waals surface area contributed by atoms with Gasteiger partial charge >= 0.3 is 0 Å². The summed E-state index contributed by atoms with van der Waals surface area (Å²) in [4.78, 5) is 10.7. The molecule has 0 radical (unpaired) electrons. The van der Waals surface area contributed by atoms with Crippen molar-refractivity contribution in [3.8, 4) is 0 Å². The third-order valence-electron chi connectivity index (χ3n) is 3.28. The third-order valence-corrected chi connectivity index (χ3v) is 3.95. The standard InChI is InChI=1S/C12H18IN3O2/c1-8(2)12(3,7-14)15-10-5-4-9(13)6-11(10)16(17)18/h4-6,8,15H,7,14H2,1-3H3. The number of anilines is 1. The van der Waals surface area contributed by atoms with Crippen LogP contribution in [-0.4, -0.2) is 17.0 Å². The predicted molar refractivity (Wildman–Crippen MR) is 81.7 cm³/mol. The Kier molecular flexibility index (Phi) is 4.92. The molecular weight excluding hydrogens is 345 g/mol. The summed E-state index contributed by atoms with van der Waals surface area (Å²) in [5.74, 6) is 0.265. The number of hydrogen-bond acceptors (Lipinski definition) is 4. The van der Waals surface area contributed by atoms with E-state index in [1.54, 1.807) is 12.1 Å². The lowest BCUT2D eigenvalue weighted by atomic mass is 9.88. The molecule has 0 aliphatic rings. The van der Waals surface area contributed by atoms with Crippen LogP contribution in [0.25, 0.3) is 0 Å². The van der Waals surface area contributed by atoms with E-state index in [9.17, 15) is 10.1 Å². The minimum Gasteiger partial charge on any atom is -0.373 e. The molecule has 0 spiro atoms. The second kappa shape index (κ2) is 5.83. The number of nitro benzene ring substituents is 1. The number of nitrogens with two attached hydrogens (primary N) is 1. The highest BCUT2D eigenvalue weighted by Gasteiger charge is 2.29. The number of halogens is 1. The van der Waals surface area contributed by atoms with Crippen molar-refractivity contribution in [1.29, 1.82) is 0 Å². The summed E-state index contributed by atoms with van der Waals surface area (Å²) in [6.45, 7) is 6.46. The molecule has 5 nitrogen and oxygen atoms in total. The van der Waals surface area contributed by atoms with E-state index in [0.29, 0.717) is 12.2 Å². The Bertz CT molecular complexity index is 451. The lowest BCUT2D eigenvalue weighted by molar-refractivity contribution is -0.384. The Morgan fingerprint density at radius 1 is 1.56 bits per heavy atom. The second-order valence-corrected chi connectivity index (χ2v) is 6.07. The fourth-order valence-electron chi connectivity index (χ4n) is 1.50. The average Bonchev–Trinajstić information content (AvgIpc) is 2.30. The molecule has 3 N–H and O–H groups in total. The van der Waals surface area contributed by atoms with E-state index in [0.717, 1.165) is 3.57 Å². The molecule has 0 fully saturated rings. The van der Waals surface area contributed by atoms with Gasteiger partial charge in [0.25, 0.3) is 5.69 Å². The number of nitrogens with one attached hydrogen (secondary N) is 1. The van der Waals surface area contributed by atoms with Gasteiger partial charge in [0.1, 0.15) is 5.69 Å². The molecule has 6 heteroatoms. The topological polar surface area (TPSA) is 81.2 Å². The summed E-state index contributed by atoms with van der Waals surface area (Å²) in [5, 5.41) is 14.3. The first kappa shape index (κ1) is 15.2. The van der Waals surface area contributed by atoms with E-state index in [1.165, 1.54) is 0 Å². The fraction of sp³-hybridized carbons (Fsp3) is 0.500. The Hall–Kier alpha value is -0.890. The first-order valence-electron chi connectivity index (χ1n) is 5.72. The third kappa shape index (κ3) is 3.32. The largest absolute Gasteiger partial charge is 0.373 e. The lowest BCUT2D eigenvalue weighted by Crippen LogP contribution is -2.47. The Labute approximate surface area is 120 Å². The van der Waals surface area contributed by atoms with Gasteiger partial charge in [-0.2, -0.15) is 0 Å². The van der Waals surface area contributed by atoms with Crippen LogP contribution in [0.3, 0.4) is 0 Å². The first-order chi connectivity index (χ1) is 8.30. The molecule has 0 saturated heterocycles. The first-order valence-corrected chi connectivity index (χ1v) is 6.80. The number of hydrogen-bond donors (Lipinski definition) is 2. The van der Waals surface area contributed by atoms with Crippen molar-refractivity contribution in [2.45, 2.75) is 26.3 Å². The molecule has 0 bridgehead atoms. The van der Waals surface area contributed by atoms with Crippen molar-refractivity contribution in [2.24, 2.45) is 11.7 Å². The maximum Gasteiger partial charge on any atom is 0.293 e. The minimum atomic E-state index is -0.373. The van der Waals surface area contributed by atoms with Crippen LogP contribution in [0.5, 0.6) is 0 Å². The average molecular weight is 363 g/mol. The van der Waals surface area contributed by atoms with E-state index >= 15 is 0 Å². The summed E-state index contributed by atoms with van der Waals surface area (Å²) >= 11 is 2.06. The van der Waals surface area contributed by atoms with Gasteiger partial charge in [-0.1, -0.05) is 13.8 Å². The zero-order chi connectivity index (χ0) is 13.9. The van der Waals surface area contributed by atoms with E-state index in [1.807, 2.05) is 26.8 Å². The van der Waals surface area contributed by atoms with E-state index in [-0.39, 0.29) is 22.1 Å². The molecule has 0 aliphatic heterocycles. The highest BCUT2D eigenvalue weighted by molar-refractivity contribution is 14.1. The van der Waals surface area contributed by atoms with Crippen molar-refractivity contribution >= 4 is 34.0 Å². The van der Waals surface area contributed by atoms with Crippen LogP contribution in [0, 0.1) is 19.6 Å². The summed E-state index contributed by atoms with van der Waals surface area (Å²) in [6.07, 6.45) is 0. The van der Waals surface area contributed by atoms with Crippen LogP contribution in [0.1, 0.15) is 20.8 Å². The van der Waals surface area contributed by atoms with Gasteiger partial charge in [0.15, 0.2) is 0 Å². The smallest absolute Gasteiger partial charge is 0.293 e. The van der Waals surface area contributed by atoms with Crippen LogP contribution < -0.4 is 11.1 Å². The summed E-state index contributed by atoms with van der Waals surface area (Å²) in [5.41, 5.74) is 6.02. The van der Waals surface area contributed by atoms with E-state index in [2.05, 4.69) is 27.9 Å². The maximum atomic E-state index is 11.0. The number of benzene rings is 1. The SMILES string of the molecule is CC(C)C(C)(CN)Nc1ccc(I)cc1[N+](=O)[O-]. The van der Waals surface area contributed by atoms with Crippen LogP contribution in [0.4, 0.5) is 11.4 Å². The summed E-state index contributed by atoms with van der Waals surface area (Å²) < 4.78 is 0.837. The molecule has 0 aliphatic carbocycles. The zero-order valence-electron chi connectivity index (χ0n) is 10.7. The van der Waals surface area contributed by atoms with Crippen molar-refractivity contribution in [1.82, 2.24) is 0 Å². The molecule has 0 amide bonds. The van der Waals surface area contributed by atoms with Crippen LogP contribution in [0.2, 0.25) is 0 Å². The Balaban J connectivity index is 3.14. The summed E-state index contributed by atoms with van der Waals surface area (Å²) in [6, 6.07) is 5.13. The van der Waals surface area contributed by atoms with Gasteiger partial charge in [0.2, 0.25) is 0 Å². The molecule has 0 aromatic heterocycles. The molecule has 1 atom stereocenters. The molecule has 1 rings (SSSR count). The van der Waals surface area contributed by atoms with Gasteiger partial charge in [-0.25, -0.2) is 0 Å². The predicted octanol–water partition coefficient (Wildman–Crippen LogP) is 2.98. The Morgan fingerprint density at radius 3 is 2.61 bits per heavy atom. The maximum absolute atomic E-state index is 11.0. The van der Waals surface area contributed by atoms with Crippen molar-refractivity contribution < 1.29 is 4.92 Å². The normalized spacial score (nSPS) is 14.3. The van der Waals surface area contributed by atoms with Crippen molar-refractivity contribution in [3.05, 3.63) is 31.9 Å². The number of rotatable bonds is 5.